The molecule has 2 aromatic rings. The van der Waals surface area contributed by atoms with Gasteiger partial charge in [-0.3, -0.25) is 0 Å². The van der Waals surface area contributed by atoms with E-state index in [-0.39, 0.29) is 6.61 Å². The van der Waals surface area contributed by atoms with Crippen LogP contribution in [0.3, 0.4) is 0 Å². The number of fused-ring (bicyclic) bond motifs is 1. The van der Waals surface area contributed by atoms with E-state index in [4.69, 9.17) is 16.9 Å². The van der Waals surface area contributed by atoms with Crippen LogP contribution in [0.1, 0.15) is 23.1 Å². The van der Waals surface area contributed by atoms with E-state index in [0.29, 0.717) is 12.5 Å². The van der Waals surface area contributed by atoms with Gasteiger partial charge in [0.05, 0.1) is 6.54 Å². The molecule has 2 aromatic carbocycles. The van der Waals surface area contributed by atoms with Crippen LogP contribution < -0.4 is 15.8 Å². The van der Waals surface area contributed by atoms with E-state index in [1.165, 1.54) is 24.0 Å². The van der Waals surface area contributed by atoms with Crippen molar-refractivity contribution in [2.45, 2.75) is 25.8 Å². The van der Waals surface area contributed by atoms with Crippen molar-refractivity contribution in [2.24, 2.45) is 10.7 Å². The van der Waals surface area contributed by atoms with Crippen LogP contribution >= 0.6 is 0 Å². The number of guanidine groups is 1. The summed E-state index contributed by atoms with van der Waals surface area (Å²) in [5, 5.41) is 3.16. The zero-order valence-corrected chi connectivity index (χ0v) is 13.6. The van der Waals surface area contributed by atoms with Crippen LogP contribution in [-0.4, -0.2) is 12.6 Å². The number of aryl methyl sites for hydroxylation is 2. The first-order valence-corrected chi connectivity index (χ1v) is 8.09. The van der Waals surface area contributed by atoms with Crippen molar-refractivity contribution in [1.29, 1.82) is 0 Å². The average molecular weight is 319 g/mol. The van der Waals surface area contributed by atoms with Crippen LogP contribution in [0.4, 0.5) is 5.69 Å². The molecule has 0 amide bonds. The van der Waals surface area contributed by atoms with E-state index in [0.717, 1.165) is 23.4 Å². The first-order chi connectivity index (χ1) is 11.8. The van der Waals surface area contributed by atoms with Gasteiger partial charge in [0.2, 0.25) is 0 Å². The van der Waals surface area contributed by atoms with E-state index in [1.54, 1.807) is 0 Å². The highest BCUT2D eigenvalue weighted by Crippen LogP contribution is 2.25. The molecule has 0 heterocycles. The highest BCUT2D eigenvalue weighted by molar-refractivity contribution is 5.92. The topological polar surface area (TPSA) is 59.6 Å². The molecule has 0 aromatic heterocycles. The van der Waals surface area contributed by atoms with Gasteiger partial charge in [0.1, 0.15) is 12.4 Å². The van der Waals surface area contributed by atoms with Gasteiger partial charge in [0.25, 0.3) is 0 Å². The van der Waals surface area contributed by atoms with Gasteiger partial charge in [-0.25, -0.2) is 4.99 Å². The van der Waals surface area contributed by atoms with E-state index in [1.807, 2.05) is 24.3 Å². The van der Waals surface area contributed by atoms with Gasteiger partial charge < -0.3 is 15.8 Å². The lowest BCUT2D eigenvalue weighted by Gasteiger charge is -2.10. The van der Waals surface area contributed by atoms with Crippen molar-refractivity contribution in [3.8, 4) is 18.1 Å². The number of hydrogen-bond donors (Lipinski definition) is 2. The Morgan fingerprint density at radius 2 is 2.04 bits per heavy atom. The average Bonchev–Trinajstić information content (AvgIpc) is 3.06. The molecule has 0 atom stereocenters. The molecule has 0 radical (unpaired) electrons. The second kappa shape index (κ2) is 7.56. The number of benzene rings is 2. The summed E-state index contributed by atoms with van der Waals surface area (Å²) in [5.74, 6) is 3.60. The van der Waals surface area contributed by atoms with Gasteiger partial charge in [-0.1, -0.05) is 30.2 Å². The van der Waals surface area contributed by atoms with Crippen LogP contribution in [0.5, 0.6) is 5.75 Å². The Morgan fingerprint density at radius 1 is 1.21 bits per heavy atom. The first-order valence-electron chi connectivity index (χ1n) is 8.09. The molecule has 122 valence electrons. The fourth-order valence-corrected chi connectivity index (χ4v) is 2.90. The van der Waals surface area contributed by atoms with Crippen LogP contribution in [0, 0.1) is 12.3 Å². The zero-order chi connectivity index (χ0) is 16.8. The number of aliphatic imine (C=N–C) groups is 1. The Labute approximate surface area is 142 Å². The number of para-hydroxylation sites is 1. The number of hydrogen-bond acceptors (Lipinski definition) is 2. The molecule has 0 spiro atoms. The Hall–Kier alpha value is -2.93. The maximum Gasteiger partial charge on any atom is 0.193 e. The van der Waals surface area contributed by atoms with Crippen LogP contribution in [0.25, 0.3) is 0 Å². The molecular weight excluding hydrogens is 298 g/mol. The van der Waals surface area contributed by atoms with Crippen molar-refractivity contribution in [2.75, 3.05) is 11.9 Å². The normalized spacial score (nSPS) is 13.2. The molecule has 24 heavy (non-hydrogen) atoms. The summed E-state index contributed by atoms with van der Waals surface area (Å²) in [6.07, 6.45) is 8.79. The molecule has 0 aliphatic heterocycles. The van der Waals surface area contributed by atoms with E-state index >= 15 is 0 Å². The number of rotatable bonds is 5. The smallest absolute Gasteiger partial charge is 0.193 e. The molecule has 3 rings (SSSR count). The number of nitrogens with one attached hydrogen (secondary N) is 1. The molecule has 4 nitrogen and oxygen atoms in total. The molecule has 1 aliphatic carbocycles. The maximum atomic E-state index is 6.01. The Balaban J connectivity index is 1.65. The third-order valence-corrected chi connectivity index (χ3v) is 4.07. The fourth-order valence-electron chi connectivity index (χ4n) is 2.90. The summed E-state index contributed by atoms with van der Waals surface area (Å²) in [7, 11) is 0. The fraction of sp³-hybridized carbons (Fsp3) is 0.250. The van der Waals surface area contributed by atoms with Crippen molar-refractivity contribution < 1.29 is 4.74 Å². The first kappa shape index (κ1) is 15.9. The van der Waals surface area contributed by atoms with Gasteiger partial charge >= 0.3 is 0 Å². The number of nitrogens with zero attached hydrogens (tertiary/aromatic N) is 1. The number of anilines is 1. The summed E-state index contributed by atoms with van der Waals surface area (Å²) in [5.41, 5.74) is 10.8. The quantitative estimate of drug-likeness (QED) is 0.506. The zero-order valence-electron chi connectivity index (χ0n) is 13.6. The summed E-state index contributed by atoms with van der Waals surface area (Å²) >= 11 is 0. The molecule has 0 saturated heterocycles. The van der Waals surface area contributed by atoms with Gasteiger partial charge in [-0.15, -0.1) is 6.42 Å². The van der Waals surface area contributed by atoms with Gasteiger partial charge in [0.15, 0.2) is 5.96 Å². The summed E-state index contributed by atoms with van der Waals surface area (Å²) in [4.78, 5) is 4.40. The second-order valence-electron chi connectivity index (χ2n) is 5.76. The van der Waals surface area contributed by atoms with Gasteiger partial charge in [0, 0.05) is 11.3 Å². The lowest BCUT2D eigenvalue weighted by Crippen LogP contribution is -2.22. The van der Waals surface area contributed by atoms with Gasteiger partial charge in [-0.05, 0) is 48.6 Å². The van der Waals surface area contributed by atoms with E-state index in [9.17, 15) is 0 Å². The molecule has 0 bridgehead atoms. The number of nitrogens with two attached hydrogens (primary N) is 1. The van der Waals surface area contributed by atoms with Crippen molar-refractivity contribution in [1.82, 2.24) is 0 Å². The Kier molecular flexibility index (Phi) is 5.02. The third-order valence-electron chi connectivity index (χ3n) is 4.07. The van der Waals surface area contributed by atoms with Gasteiger partial charge in [-0.2, -0.15) is 0 Å². The summed E-state index contributed by atoms with van der Waals surface area (Å²) in [6, 6.07) is 14.1. The molecule has 3 N–H and O–H groups in total. The van der Waals surface area contributed by atoms with E-state index < -0.39 is 0 Å². The monoisotopic (exact) mass is 319 g/mol. The Morgan fingerprint density at radius 3 is 2.92 bits per heavy atom. The SMILES string of the molecule is C#CCOc1ccccc1CN=C(N)Nc1ccc2c(c1)CCC2. The minimum absolute atomic E-state index is 0.240. The molecule has 0 saturated carbocycles. The van der Waals surface area contributed by atoms with Crippen molar-refractivity contribution in [3.63, 3.8) is 0 Å². The highest BCUT2D eigenvalue weighted by atomic mass is 16.5. The maximum absolute atomic E-state index is 6.01. The Bertz CT molecular complexity index is 790. The molecule has 1 aliphatic rings. The highest BCUT2D eigenvalue weighted by Gasteiger charge is 2.11. The summed E-state index contributed by atoms with van der Waals surface area (Å²) in [6.45, 7) is 0.675. The molecular formula is C20H21N3O. The standard InChI is InChI=1S/C20H21N3O/c1-2-12-24-19-9-4-3-6-17(19)14-22-20(21)23-18-11-10-15-7-5-8-16(15)13-18/h1,3-4,6,9-11,13H,5,7-8,12,14H2,(H3,21,22,23). The minimum Gasteiger partial charge on any atom is -0.481 e. The van der Waals surface area contributed by atoms with Crippen molar-refractivity contribution in [3.05, 3.63) is 59.2 Å². The van der Waals surface area contributed by atoms with Crippen molar-refractivity contribution >= 4 is 11.6 Å². The molecule has 0 unspecified atom stereocenters. The second-order valence-corrected chi connectivity index (χ2v) is 5.76. The van der Waals surface area contributed by atoms with Crippen LogP contribution in [-0.2, 0) is 19.4 Å². The largest absolute Gasteiger partial charge is 0.481 e. The molecule has 4 heteroatoms. The molecule has 0 fully saturated rings. The number of ether oxygens (including phenoxy) is 1. The lowest BCUT2D eigenvalue weighted by molar-refractivity contribution is 0.366. The predicted octanol–water partition coefficient (Wildman–Crippen LogP) is 3.11. The summed E-state index contributed by atoms with van der Waals surface area (Å²) < 4.78 is 5.52. The number of terminal acetylenes is 1. The lowest BCUT2D eigenvalue weighted by atomic mass is 10.1. The van der Waals surface area contributed by atoms with Crippen LogP contribution in [0.15, 0.2) is 47.5 Å². The minimum atomic E-state index is 0.240. The van der Waals surface area contributed by atoms with Crippen LogP contribution in [0.2, 0.25) is 0 Å². The predicted molar refractivity (Wildman–Crippen MR) is 98.2 cm³/mol. The third kappa shape index (κ3) is 3.88. The van der Waals surface area contributed by atoms with E-state index in [2.05, 4.69) is 34.4 Å².